The molecule has 0 bridgehead atoms. The molecule has 0 spiro atoms. The molecule has 1 amide bonds. The minimum atomic E-state index is -0.199. The van der Waals surface area contributed by atoms with E-state index >= 15 is 0 Å². The highest BCUT2D eigenvalue weighted by molar-refractivity contribution is 7.12. The molecule has 5 heteroatoms. The number of rotatable bonds is 6. The van der Waals surface area contributed by atoms with Gasteiger partial charge < -0.3 is 15.3 Å². The van der Waals surface area contributed by atoms with Gasteiger partial charge in [0.2, 0.25) is 0 Å². The maximum absolute atomic E-state index is 12.2. The van der Waals surface area contributed by atoms with E-state index in [0.717, 1.165) is 19.6 Å². The molecule has 0 aliphatic rings. The number of hydrogen-bond donors (Lipinski definition) is 2. The first-order valence-corrected chi connectivity index (χ1v) is 7.70. The Hall–Kier alpha value is -1.35. The van der Waals surface area contributed by atoms with E-state index in [4.69, 9.17) is 5.11 Å². The lowest BCUT2D eigenvalue weighted by Crippen LogP contribution is -2.41. The van der Waals surface area contributed by atoms with Crippen molar-refractivity contribution in [2.45, 2.75) is 26.8 Å². The summed E-state index contributed by atoms with van der Waals surface area (Å²) >= 11 is 1.37. The minimum Gasteiger partial charge on any atom is -0.384 e. The monoisotopic (exact) mass is 294 g/mol. The van der Waals surface area contributed by atoms with Crippen LogP contribution in [0.15, 0.2) is 11.4 Å². The number of amides is 1. The van der Waals surface area contributed by atoms with Gasteiger partial charge in [0.15, 0.2) is 0 Å². The molecule has 0 aromatic carbocycles. The molecule has 0 aliphatic heterocycles. The minimum absolute atomic E-state index is 0.0863. The molecule has 0 saturated carbocycles. The number of nitrogens with zero attached hydrogens (tertiary/aromatic N) is 1. The Bertz CT molecular complexity index is 484. The fraction of sp³-hybridized carbons (Fsp3) is 0.533. The molecule has 0 saturated heterocycles. The number of aliphatic hydroxyl groups excluding tert-OH is 1. The van der Waals surface area contributed by atoms with Crippen molar-refractivity contribution in [1.82, 2.24) is 10.2 Å². The van der Waals surface area contributed by atoms with Crippen LogP contribution in [0.4, 0.5) is 0 Å². The topological polar surface area (TPSA) is 52.6 Å². The summed E-state index contributed by atoms with van der Waals surface area (Å²) in [7, 11) is 0. The molecule has 1 unspecified atom stereocenters. The van der Waals surface area contributed by atoms with Crippen molar-refractivity contribution >= 4 is 17.2 Å². The third kappa shape index (κ3) is 4.97. The van der Waals surface area contributed by atoms with E-state index < -0.39 is 0 Å². The van der Waals surface area contributed by atoms with Crippen molar-refractivity contribution < 1.29 is 9.90 Å². The highest BCUT2D eigenvalue weighted by atomic mass is 32.1. The van der Waals surface area contributed by atoms with Gasteiger partial charge in [0.25, 0.3) is 5.91 Å². The molecule has 1 aromatic rings. The van der Waals surface area contributed by atoms with Gasteiger partial charge in [-0.05, 0) is 31.5 Å². The van der Waals surface area contributed by atoms with Crippen LogP contribution in [0.2, 0.25) is 0 Å². The lowest BCUT2D eigenvalue weighted by atomic mass is 10.2. The van der Waals surface area contributed by atoms with Gasteiger partial charge in [0.1, 0.15) is 11.5 Å². The second kappa shape index (κ2) is 8.75. The molecule has 0 fully saturated rings. The largest absolute Gasteiger partial charge is 0.384 e. The summed E-state index contributed by atoms with van der Waals surface area (Å²) in [6.07, 6.45) is 0. The van der Waals surface area contributed by atoms with Crippen molar-refractivity contribution in [2.75, 3.05) is 26.2 Å². The van der Waals surface area contributed by atoms with Crippen LogP contribution in [0.5, 0.6) is 0 Å². The van der Waals surface area contributed by atoms with Crippen LogP contribution >= 0.6 is 11.3 Å². The van der Waals surface area contributed by atoms with Gasteiger partial charge in [0.05, 0.1) is 0 Å². The normalized spacial score (nSPS) is 11.8. The molecule has 110 valence electrons. The third-order valence-corrected chi connectivity index (χ3v) is 3.89. The molecule has 1 heterocycles. The molecule has 2 N–H and O–H groups in total. The summed E-state index contributed by atoms with van der Waals surface area (Å²) in [5, 5.41) is 13.6. The molecule has 1 aromatic heterocycles. The lowest BCUT2D eigenvalue weighted by molar-refractivity contribution is 0.0934. The zero-order valence-electron chi connectivity index (χ0n) is 12.3. The maximum Gasteiger partial charge on any atom is 0.262 e. The van der Waals surface area contributed by atoms with Crippen LogP contribution < -0.4 is 5.32 Å². The fourth-order valence-electron chi connectivity index (χ4n) is 1.92. The van der Waals surface area contributed by atoms with Crippen LogP contribution in [-0.4, -0.2) is 48.2 Å². The van der Waals surface area contributed by atoms with Gasteiger partial charge in [-0.15, -0.1) is 11.3 Å². The predicted octanol–water partition coefficient (Wildman–Crippen LogP) is 1.55. The van der Waals surface area contributed by atoms with Crippen molar-refractivity contribution in [3.05, 3.63) is 21.9 Å². The Morgan fingerprint density at radius 3 is 2.80 bits per heavy atom. The van der Waals surface area contributed by atoms with Crippen molar-refractivity contribution in [3.63, 3.8) is 0 Å². The fourth-order valence-corrected chi connectivity index (χ4v) is 2.67. The number of nitrogens with one attached hydrogen (secondary N) is 1. The number of hydrogen-bond acceptors (Lipinski definition) is 4. The first-order chi connectivity index (χ1) is 9.62. The molecular weight excluding hydrogens is 272 g/mol. The van der Waals surface area contributed by atoms with Crippen LogP contribution in [0.25, 0.3) is 0 Å². The standard InChI is InChI=1S/C15H22N2O2S/c1-4-17(5-2)11-12(3)16-15(19)14-13(7-6-9-18)8-10-20-14/h8,10,12,18H,4-5,9,11H2,1-3H3,(H,16,19). The summed E-state index contributed by atoms with van der Waals surface area (Å²) in [5.41, 5.74) is 0.677. The summed E-state index contributed by atoms with van der Waals surface area (Å²) < 4.78 is 0. The Morgan fingerprint density at radius 1 is 1.50 bits per heavy atom. The highest BCUT2D eigenvalue weighted by Gasteiger charge is 2.15. The molecular formula is C15H22N2O2S. The van der Waals surface area contributed by atoms with Crippen LogP contribution in [0.1, 0.15) is 36.0 Å². The second-order valence-corrected chi connectivity index (χ2v) is 5.40. The van der Waals surface area contributed by atoms with E-state index in [1.54, 1.807) is 6.07 Å². The van der Waals surface area contributed by atoms with E-state index in [-0.39, 0.29) is 18.6 Å². The lowest BCUT2D eigenvalue weighted by Gasteiger charge is -2.23. The van der Waals surface area contributed by atoms with Gasteiger partial charge in [-0.25, -0.2) is 0 Å². The average molecular weight is 294 g/mol. The molecule has 1 rings (SSSR count). The SMILES string of the molecule is CCN(CC)CC(C)NC(=O)c1sccc1C#CCO. The van der Waals surface area contributed by atoms with Crippen molar-refractivity contribution in [2.24, 2.45) is 0 Å². The predicted molar refractivity (Wildman–Crippen MR) is 83.0 cm³/mol. The summed E-state index contributed by atoms with van der Waals surface area (Å²) in [6.45, 7) is 8.81. The summed E-state index contributed by atoms with van der Waals surface area (Å²) in [6, 6.07) is 1.89. The van der Waals surface area contributed by atoms with Crippen LogP contribution in [0, 0.1) is 11.8 Å². The van der Waals surface area contributed by atoms with Gasteiger partial charge in [-0.3, -0.25) is 4.79 Å². The first-order valence-electron chi connectivity index (χ1n) is 6.82. The third-order valence-electron chi connectivity index (χ3n) is 2.98. The van der Waals surface area contributed by atoms with Crippen LogP contribution in [0.3, 0.4) is 0 Å². The smallest absolute Gasteiger partial charge is 0.262 e. The summed E-state index contributed by atoms with van der Waals surface area (Å²) in [5.74, 6) is 5.28. The Labute approximate surface area is 124 Å². The van der Waals surface area contributed by atoms with E-state index in [1.807, 2.05) is 12.3 Å². The second-order valence-electron chi connectivity index (χ2n) is 4.48. The molecule has 1 atom stereocenters. The van der Waals surface area contributed by atoms with Gasteiger partial charge >= 0.3 is 0 Å². The average Bonchev–Trinajstić information content (AvgIpc) is 2.90. The van der Waals surface area contributed by atoms with E-state index in [9.17, 15) is 4.79 Å². The number of thiophene rings is 1. The molecule has 20 heavy (non-hydrogen) atoms. The van der Waals surface area contributed by atoms with E-state index in [2.05, 4.69) is 35.9 Å². The Morgan fingerprint density at radius 2 is 2.20 bits per heavy atom. The van der Waals surface area contributed by atoms with Gasteiger partial charge in [-0.1, -0.05) is 25.7 Å². The number of carbonyl (C=O) groups is 1. The molecule has 0 aliphatic carbocycles. The zero-order chi connectivity index (χ0) is 15.0. The number of likely N-dealkylation sites (N-methyl/N-ethyl adjacent to an activating group) is 1. The van der Waals surface area contributed by atoms with Gasteiger partial charge in [0, 0.05) is 18.2 Å². The highest BCUT2D eigenvalue weighted by Crippen LogP contribution is 2.15. The molecule has 4 nitrogen and oxygen atoms in total. The quantitative estimate of drug-likeness (QED) is 0.783. The van der Waals surface area contributed by atoms with Gasteiger partial charge in [-0.2, -0.15) is 0 Å². The number of carbonyl (C=O) groups excluding carboxylic acids is 1. The van der Waals surface area contributed by atoms with E-state index in [1.165, 1.54) is 11.3 Å². The van der Waals surface area contributed by atoms with Crippen LogP contribution in [-0.2, 0) is 0 Å². The molecule has 0 radical (unpaired) electrons. The van der Waals surface area contributed by atoms with Crippen molar-refractivity contribution in [1.29, 1.82) is 0 Å². The zero-order valence-corrected chi connectivity index (χ0v) is 13.1. The Balaban J connectivity index is 2.65. The number of aliphatic hydroxyl groups is 1. The Kier molecular flexibility index (Phi) is 7.31. The summed E-state index contributed by atoms with van der Waals surface area (Å²) in [4.78, 5) is 15.1. The first kappa shape index (κ1) is 16.7. The van der Waals surface area contributed by atoms with Crippen molar-refractivity contribution in [3.8, 4) is 11.8 Å². The maximum atomic E-state index is 12.2. The van der Waals surface area contributed by atoms with E-state index in [0.29, 0.717) is 10.4 Å².